The lowest BCUT2D eigenvalue weighted by molar-refractivity contribution is 0.356. The van der Waals surface area contributed by atoms with Gasteiger partial charge in [-0.1, -0.05) is 32.6 Å². The van der Waals surface area contributed by atoms with E-state index in [1.807, 2.05) is 18.3 Å². The third-order valence-electron chi connectivity index (χ3n) is 4.60. The Balaban J connectivity index is 1.97. The van der Waals surface area contributed by atoms with E-state index in [9.17, 15) is 0 Å². The molecule has 2 aromatic rings. The SMILES string of the molecule is CCCCCCCN1C=Cc2nccc3cc(OC)c(OC)c1c23. The first kappa shape index (κ1) is 16.6. The summed E-state index contributed by atoms with van der Waals surface area (Å²) in [5.41, 5.74) is 2.07. The summed E-state index contributed by atoms with van der Waals surface area (Å²) in [7, 11) is 3.39. The second-order valence-corrected chi connectivity index (χ2v) is 6.18. The molecule has 0 amide bonds. The lowest BCUT2D eigenvalue weighted by Gasteiger charge is -2.28. The molecule has 24 heavy (non-hydrogen) atoms. The predicted molar refractivity (Wildman–Crippen MR) is 100.0 cm³/mol. The number of benzene rings is 1. The molecule has 2 heterocycles. The van der Waals surface area contributed by atoms with Crippen LogP contribution in [-0.4, -0.2) is 25.7 Å². The molecule has 1 aliphatic rings. The maximum atomic E-state index is 5.70. The molecule has 0 saturated carbocycles. The van der Waals surface area contributed by atoms with E-state index in [4.69, 9.17) is 9.47 Å². The van der Waals surface area contributed by atoms with Gasteiger partial charge < -0.3 is 14.4 Å². The number of hydrogen-bond acceptors (Lipinski definition) is 4. The van der Waals surface area contributed by atoms with Crippen molar-refractivity contribution in [2.45, 2.75) is 39.0 Å². The van der Waals surface area contributed by atoms with Crippen molar-refractivity contribution in [3.8, 4) is 11.5 Å². The van der Waals surface area contributed by atoms with Crippen LogP contribution in [0.5, 0.6) is 11.5 Å². The average molecular weight is 326 g/mol. The van der Waals surface area contributed by atoms with Crippen LogP contribution in [0.1, 0.15) is 44.7 Å². The Labute approximate surface area is 144 Å². The third-order valence-corrected chi connectivity index (χ3v) is 4.60. The molecule has 0 aliphatic carbocycles. The van der Waals surface area contributed by atoms with E-state index in [2.05, 4.69) is 29.1 Å². The Kier molecular flexibility index (Phi) is 5.24. The number of pyridine rings is 1. The first-order valence-electron chi connectivity index (χ1n) is 8.78. The maximum absolute atomic E-state index is 5.70. The molecule has 0 unspecified atom stereocenters. The number of unbranched alkanes of at least 4 members (excludes halogenated alkanes) is 4. The molecule has 4 heteroatoms. The quantitative estimate of drug-likeness (QED) is 0.638. The molecule has 0 radical (unpaired) electrons. The normalized spacial score (nSPS) is 12.7. The van der Waals surface area contributed by atoms with Crippen LogP contribution in [0.25, 0.3) is 16.8 Å². The number of rotatable bonds is 8. The third kappa shape index (κ3) is 3.05. The number of aromatic nitrogens is 1. The highest BCUT2D eigenvalue weighted by molar-refractivity contribution is 6.05. The van der Waals surface area contributed by atoms with E-state index < -0.39 is 0 Å². The maximum Gasteiger partial charge on any atom is 0.185 e. The molecule has 0 atom stereocenters. The van der Waals surface area contributed by atoms with Crippen LogP contribution in [0.2, 0.25) is 0 Å². The Morgan fingerprint density at radius 3 is 2.67 bits per heavy atom. The minimum absolute atomic E-state index is 0.767. The van der Waals surface area contributed by atoms with Gasteiger partial charge in [0.25, 0.3) is 0 Å². The second kappa shape index (κ2) is 7.56. The predicted octanol–water partition coefficient (Wildman–Crippen LogP) is 5.01. The van der Waals surface area contributed by atoms with Gasteiger partial charge in [-0.15, -0.1) is 0 Å². The van der Waals surface area contributed by atoms with Crippen LogP contribution < -0.4 is 14.4 Å². The highest BCUT2D eigenvalue weighted by Gasteiger charge is 2.23. The molecular weight excluding hydrogens is 300 g/mol. The van der Waals surface area contributed by atoms with Crippen LogP contribution in [0.4, 0.5) is 5.69 Å². The Bertz CT molecular complexity index is 740. The standard InChI is InChI=1S/C20H26N2O2/c1-4-5-6-7-8-12-22-13-10-16-18-15(9-11-21-16)14-17(23-2)20(24-3)19(18)22/h9-11,13-14H,4-8,12H2,1-3H3. The van der Waals surface area contributed by atoms with Crippen LogP contribution in [0, 0.1) is 0 Å². The summed E-state index contributed by atoms with van der Waals surface area (Å²) in [4.78, 5) is 6.80. The van der Waals surface area contributed by atoms with Crippen LogP contribution in [0.15, 0.2) is 24.5 Å². The van der Waals surface area contributed by atoms with E-state index in [0.717, 1.165) is 40.2 Å². The number of ether oxygens (including phenoxy) is 2. The minimum atomic E-state index is 0.767. The first-order valence-corrected chi connectivity index (χ1v) is 8.78. The number of methoxy groups -OCH3 is 2. The van der Waals surface area contributed by atoms with Gasteiger partial charge in [-0.25, -0.2) is 0 Å². The van der Waals surface area contributed by atoms with Crippen LogP contribution in [-0.2, 0) is 0 Å². The van der Waals surface area contributed by atoms with Crippen molar-refractivity contribution in [1.82, 2.24) is 4.98 Å². The lowest BCUT2D eigenvalue weighted by atomic mass is 10.0. The summed E-state index contributed by atoms with van der Waals surface area (Å²) in [6.07, 6.45) is 12.4. The van der Waals surface area contributed by atoms with E-state index in [1.165, 1.54) is 32.1 Å². The van der Waals surface area contributed by atoms with Gasteiger partial charge in [-0.3, -0.25) is 4.98 Å². The molecule has 4 nitrogen and oxygen atoms in total. The van der Waals surface area contributed by atoms with Gasteiger partial charge in [0, 0.05) is 24.3 Å². The molecule has 0 N–H and O–H groups in total. The number of anilines is 1. The Hall–Kier alpha value is -2.23. The molecule has 1 aromatic carbocycles. The summed E-state index contributed by atoms with van der Waals surface area (Å²) < 4.78 is 11.3. The van der Waals surface area contributed by atoms with E-state index in [-0.39, 0.29) is 0 Å². The fourth-order valence-electron chi connectivity index (χ4n) is 3.37. The molecule has 0 fully saturated rings. The van der Waals surface area contributed by atoms with Crippen molar-refractivity contribution in [2.24, 2.45) is 0 Å². The minimum Gasteiger partial charge on any atom is -0.493 e. The molecular formula is C20H26N2O2. The van der Waals surface area contributed by atoms with Gasteiger partial charge in [0.15, 0.2) is 11.5 Å². The summed E-state index contributed by atoms with van der Waals surface area (Å²) in [6.45, 7) is 3.22. The summed E-state index contributed by atoms with van der Waals surface area (Å²) in [6, 6.07) is 4.06. The van der Waals surface area contributed by atoms with E-state index in [1.54, 1.807) is 14.2 Å². The van der Waals surface area contributed by atoms with Gasteiger partial charge >= 0.3 is 0 Å². The van der Waals surface area contributed by atoms with Crippen molar-refractivity contribution in [3.05, 3.63) is 30.2 Å². The first-order chi connectivity index (χ1) is 11.8. The van der Waals surface area contributed by atoms with Crippen molar-refractivity contribution >= 4 is 22.5 Å². The fraction of sp³-hybridized carbons (Fsp3) is 0.450. The zero-order chi connectivity index (χ0) is 16.9. The molecule has 3 rings (SSSR count). The molecule has 1 aliphatic heterocycles. The summed E-state index contributed by atoms with van der Waals surface area (Å²) in [5, 5.41) is 2.28. The number of hydrogen-bond donors (Lipinski definition) is 0. The van der Waals surface area contributed by atoms with Crippen molar-refractivity contribution in [1.29, 1.82) is 0 Å². The Morgan fingerprint density at radius 2 is 1.92 bits per heavy atom. The van der Waals surface area contributed by atoms with E-state index in [0.29, 0.717) is 0 Å². The van der Waals surface area contributed by atoms with Crippen molar-refractivity contribution in [3.63, 3.8) is 0 Å². The summed E-state index contributed by atoms with van der Waals surface area (Å²) >= 11 is 0. The van der Waals surface area contributed by atoms with Crippen LogP contribution in [0.3, 0.4) is 0 Å². The van der Waals surface area contributed by atoms with Crippen LogP contribution >= 0.6 is 0 Å². The molecule has 0 saturated heterocycles. The fourth-order valence-corrected chi connectivity index (χ4v) is 3.37. The number of nitrogens with zero attached hydrogens (tertiary/aromatic N) is 2. The largest absolute Gasteiger partial charge is 0.493 e. The van der Waals surface area contributed by atoms with Crippen molar-refractivity contribution in [2.75, 3.05) is 25.7 Å². The van der Waals surface area contributed by atoms with Gasteiger partial charge in [-0.05, 0) is 30.0 Å². The van der Waals surface area contributed by atoms with Gasteiger partial charge in [-0.2, -0.15) is 0 Å². The molecule has 0 spiro atoms. The zero-order valence-electron chi connectivity index (χ0n) is 14.8. The van der Waals surface area contributed by atoms with Gasteiger partial charge in [0.05, 0.1) is 25.6 Å². The van der Waals surface area contributed by atoms with Gasteiger partial charge in [0.1, 0.15) is 0 Å². The van der Waals surface area contributed by atoms with Crippen molar-refractivity contribution < 1.29 is 9.47 Å². The molecule has 128 valence electrons. The monoisotopic (exact) mass is 326 g/mol. The van der Waals surface area contributed by atoms with E-state index >= 15 is 0 Å². The second-order valence-electron chi connectivity index (χ2n) is 6.18. The molecule has 0 bridgehead atoms. The average Bonchev–Trinajstić information content (AvgIpc) is 2.62. The molecule has 1 aromatic heterocycles. The Morgan fingerprint density at radius 1 is 1.08 bits per heavy atom. The van der Waals surface area contributed by atoms with Gasteiger partial charge in [0.2, 0.25) is 0 Å². The highest BCUT2D eigenvalue weighted by Crippen LogP contribution is 2.46. The zero-order valence-corrected chi connectivity index (χ0v) is 14.8. The topological polar surface area (TPSA) is 34.6 Å². The highest BCUT2D eigenvalue weighted by atomic mass is 16.5. The lowest BCUT2D eigenvalue weighted by Crippen LogP contribution is -2.21. The smallest absolute Gasteiger partial charge is 0.185 e. The summed E-state index contributed by atoms with van der Waals surface area (Å²) in [5.74, 6) is 1.56.